The predicted molar refractivity (Wildman–Crippen MR) is 228 cm³/mol. The Labute approximate surface area is 379 Å². The molecule has 7 saturated heterocycles. The van der Waals surface area contributed by atoms with E-state index in [-0.39, 0.29) is 60.8 Å². The smallest absolute Gasteiger partial charge is 0.308 e. The lowest BCUT2D eigenvalue weighted by Crippen LogP contribution is -2.65. The van der Waals surface area contributed by atoms with E-state index in [9.17, 15) is 25.2 Å². The van der Waals surface area contributed by atoms with Gasteiger partial charge in [0.15, 0.2) is 23.7 Å². The number of methoxy groups -OCH3 is 4. The number of hydrogen-bond acceptors (Lipinski definition) is 16. The summed E-state index contributed by atoms with van der Waals surface area (Å²) in [6.45, 7) is 17.5. The first-order valence-corrected chi connectivity index (χ1v) is 23.8. The SMILES string of the molecule is CO[C@@H]1[C@@H]([C@H](C)[C@@H]2O[C@]3(CC[C@](C)([C@@H]4CC[C@](C)([C@H]5O[C@H]([C@@H]6O[C@@](C)(O)[C@@H](C)C[C@H]6C)C[C@H]5O[C@H]5C[C@@H](OC)[C@H](OC)[C@@H](C)O5)O4)O3)C[C@@H](O)[C@@H]2C)O[C@@](O)(CC(=O)O)[C@H](C)[C@H]1OC. The Balaban J connectivity index is 1.09. The van der Waals surface area contributed by atoms with Crippen LogP contribution in [-0.2, 0) is 61.6 Å². The molecule has 7 aliphatic rings. The highest BCUT2D eigenvalue weighted by molar-refractivity contribution is 5.68. The third kappa shape index (κ3) is 9.46. The van der Waals surface area contributed by atoms with Gasteiger partial charge in [-0.05, 0) is 59.3 Å². The molecule has 0 unspecified atom stereocenters. The Morgan fingerprint density at radius 1 is 0.766 bits per heavy atom. The molecule has 0 aliphatic carbocycles. The van der Waals surface area contributed by atoms with Crippen LogP contribution in [0.5, 0.6) is 0 Å². The molecule has 4 N–H and O–H groups in total. The molecule has 0 aromatic heterocycles. The van der Waals surface area contributed by atoms with Crippen molar-refractivity contribution in [3.63, 3.8) is 0 Å². The number of carboxylic acids is 1. The third-order valence-electron chi connectivity index (χ3n) is 16.8. The van der Waals surface area contributed by atoms with Gasteiger partial charge in [0, 0.05) is 77.8 Å². The minimum atomic E-state index is -2.03. The number of carbonyl (C=O) groups is 1. The van der Waals surface area contributed by atoms with Gasteiger partial charge in [0.1, 0.15) is 18.3 Å². The highest BCUT2D eigenvalue weighted by Crippen LogP contribution is 2.55. The third-order valence-corrected chi connectivity index (χ3v) is 16.8. The summed E-state index contributed by atoms with van der Waals surface area (Å²) in [4.78, 5) is 11.9. The van der Waals surface area contributed by atoms with Gasteiger partial charge in [0.05, 0.1) is 78.7 Å². The van der Waals surface area contributed by atoms with Crippen LogP contribution in [0.1, 0.15) is 120 Å². The standard InChI is InChI=1S/C47H80O17/c1-23-18-24(2)45(9,51)61-36(23)31-19-32(58-35-20-30(53-10)40(55-12)28(6)57-35)42(59-31)44(8)15-14-33(60-44)43(7)16-17-46(64-43)21-29(48)25(3)37(62-46)26(4)38-41(56-13)39(54-11)27(5)47(52,63-38)22-34(49)50/h23-33,35-42,48,51-52H,14-22H2,1-13H3,(H,49,50)/t23-,24+,25+,26-,27-,28-,29-,30-,31+,32-,33+,35+,36-,37-,38-,39-,40-,41-,42+,43-,44-,45-,46+,47+/m1/s1. The molecule has 7 heterocycles. The monoisotopic (exact) mass is 917 g/mol. The van der Waals surface area contributed by atoms with Crippen LogP contribution >= 0.6 is 0 Å². The summed E-state index contributed by atoms with van der Waals surface area (Å²) in [6, 6.07) is 0. The van der Waals surface area contributed by atoms with Gasteiger partial charge in [-0.15, -0.1) is 0 Å². The fourth-order valence-corrected chi connectivity index (χ4v) is 12.7. The predicted octanol–water partition coefficient (Wildman–Crippen LogP) is 4.32. The molecule has 0 amide bonds. The topological polar surface area (TPSA) is 209 Å². The molecule has 7 fully saturated rings. The molecule has 0 radical (unpaired) electrons. The zero-order valence-electron chi connectivity index (χ0n) is 40.4. The summed E-state index contributed by atoms with van der Waals surface area (Å²) in [5.74, 6) is -7.18. The highest BCUT2D eigenvalue weighted by Gasteiger charge is 2.64. The van der Waals surface area contributed by atoms with E-state index in [1.54, 1.807) is 28.1 Å². The van der Waals surface area contributed by atoms with Crippen molar-refractivity contribution in [2.24, 2.45) is 29.6 Å². The van der Waals surface area contributed by atoms with Crippen molar-refractivity contribution in [3.05, 3.63) is 0 Å². The molecule has 24 atom stereocenters. The van der Waals surface area contributed by atoms with Crippen LogP contribution in [0.4, 0.5) is 0 Å². The second-order valence-electron chi connectivity index (χ2n) is 21.3. The van der Waals surface area contributed by atoms with Crippen molar-refractivity contribution in [1.82, 2.24) is 0 Å². The van der Waals surface area contributed by atoms with E-state index < -0.39 is 102 Å². The maximum absolute atomic E-state index is 11.9. The van der Waals surface area contributed by atoms with Gasteiger partial charge in [0.25, 0.3) is 0 Å². The first kappa shape index (κ1) is 50.7. The summed E-state index contributed by atoms with van der Waals surface area (Å²) >= 11 is 0. The van der Waals surface area contributed by atoms with Crippen molar-refractivity contribution in [2.75, 3.05) is 28.4 Å². The molecule has 0 aromatic rings. The van der Waals surface area contributed by atoms with E-state index in [0.29, 0.717) is 38.5 Å². The lowest BCUT2D eigenvalue weighted by Gasteiger charge is -2.53. The molecule has 1 spiro atoms. The molecule has 17 nitrogen and oxygen atoms in total. The van der Waals surface area contributed by atoms with E-state index in [2.05, 4.69) is 13.8 Å². The number of aliphatic hydroxyl groups is 3. The summed E-state index contributed by atoms with van der Waals surface area (Å²) < 4.78 is 77.6. The Morgan fingerprint density at radius 3 is 2.09 bits per heavy atom. The first-order valence-electron chi connectivity index (χ1n) is 23.8. The highest BCUT2D eigenvalue weighted by atomic mass is 16.7. The minimum absolute atomic E-state index is 0.0406. The first-order chi connectivity index (χ1) is 30.0. The van der Waals surface area contributed by atoms with Gasteiger partial charge in [-0.2, -0.15) is 0 Å². The van der Waals surface area contributed by atoms with Crippen molar-refractivity contribution >= 4 is 5.97 Å². The lowest BCUT2D eigenvalue weighted by molar-refractivity contribution is -0.365. The quantitative estimate of drug-likeness (QED) is 0.203. The Kier molecular flexibility index (Phi) is 15.1. The van der Waals surface area contributed by atoms with Gasteiger partial charge < -0.3 is 77.3 Å². The van der Waals surface area contributed by atoms with E-state index in [1.165, 1.54) is 14.2 Å². The van der Waals surface area contributed by atoms with Gasteiger partial charge >= 0.3 is 5.97 Å². The van der Waals surface area contributed by atoms with E-state index in [0.717, 1.165) is 6.42 Å². The van der Waals surface area contributed by atoms with Crippen LogP contribution in [0.2, 0.25) is 0 Å². The van der Waals surface area contributed by atoms with E-state index >= 15 is 0 Å². The summed E-state index contributed by atoms with van der Waals surface area (Å²) in [5.41, 5.74) is -1.60. The van der Waals surface area contributed by atoms with Crippen LogP contribution in [-0.4, -0.2) is 169 Å². The summed E-state index contributed by atoms with van der Waals surface area (Å²) in [6.07, 6.45) is -3.18. The lowest BCUT2D eigenvalue weighted by atomic mass is 9.75. The van der Waals surface area contributed by atoms with Crippen LogP contribution in [0.15, 0.2) is 0 Å². The average Bonchev–Trinajstić information content (AvgIpc) is 3.94. The van der Waals surface area contributed by atoms with Crippen molar-refractivity contribution in [3.8, 4) is 0 Å². The van der Waals surface area contributed by atoms with E-state index in [1.807, 2.05) is 34.6 Å². The number of aliphatic hydroxyl groups excluding tert-OH is 1. The summed E-state index contributed by atoms with van der Waals surface area (Å²) in [7, 11) is 6.37. The maximum Gasteiger partial charge on any atom is 0.308 e. The number of rotatable bonds is 13. The molecule has 64 heavy (non-hydrogen) atoms. The zero-order valence-corrected chi connectivity index (χ0v) is 40.4. The minimum Gasteiger partial charge on any atom is -0.481 e. The van der Waals surface area contributed by atoms with Gasteiger partial charge in [-0.25, -0.2) is 0 Å². The molecule has 7 rings (SSSR count). The fourth-order valence-electron chi connectivity index (χ4n) is 12.7. The number of hydrogen-bond donors (Lipinski definition) is 4. The van der Waals surface area contributed by atoms with E-state index in [4.69, 9.17) is 56.8 Å². The molecular weight excluding hydrogens is 837 g/mol. The number of ether oxygens (including phenoxy) is 12. The molecule has 17 heteroatoms. The Hall–Kier alpha value is -1.13. The normalized spacial score (nSPS) is 54.1. The molecule has 7 aliphatic heterocycles. The molecule has 370 valence electrons. The Bertz CT molecular complexity index is 1600. The fraction of sp³-hybridized carbons (Fsp3) is 0.979. The van der Waals surface area contributed by atoms with Crippen LogP contribution in [0.3, 0.4) is 0 Å². The molecular formula is C47H80O17. The van der Waals surface area contributed by atoms with Crippen molar-refractivity contribution < 1.29 is 82.1 Å². The average molecular weight is 917 g/mol. The van der Waals surface area contributed by atoms with Crippen LogP contribution < -0.4 is 0 Å². The van der Waals surface area contributed by atoms with Gasteiger partial charge in [-0.3, -0.25) is 4.79 Å². The summed E-state index contributed by atoms with van der Waals surface area (Å²) in [5, 5.41) is 44.3. The van der Waals surface area contributed by atoms with Gasteiger partial charge in [-0.1, -0.05) is 34.6 Å². The van der Waals surface area contributed by atoms with Crippen molar-refractivity contribution in [2.45, 2.75) is 234 Å². The van der Waals surface area contributed by atoms with Crippen molar-refractivity contribution in [1.29, 1.82) is 0 Å². The van der Waals surface area contributed by atoms with Crippen LogP contribution in [0, 0.1) is 29.6 Å². The largest absolute Gasteiger partial charge is 0.481 e. The second kappa shape index (κ2) is 19.0. The van der Waals surface area contributed by atoms with Crippen LogP contribution in [0.25, 0.3) is 0 Å². The molecule has 0 aromatic carbocycles. The number of carboxylic acid groups (broad SMARTS) is 1. The van der Waals surface area contributed by atoms with Gasteiger partial charge in [0.2, 0.25) is 0 Å². The second-order valence-corrected chi connectivity index (χ2v) is 21.3. The maximum atomic E-state index is 11.9. The Morgan fingerprint density at radius 2 is 1.45 bits per heavy atom. The number of aliphatic carboxylic acids is 1. The molecule has 0 saturated carbocycles. The zero-order chi connectivity index (χ0) is 46.9. The molecule has 0 bridgehead atoms.